The molecule has 0 aliphatic heterocycles. The summed E-state index contributed by atoms with van der Waals surface area (Å²) in [5.74, 6) is 0. The van der Waals surface area contributed by atoms with E-state index < -0.39 is 0 Å². The van der Waals surface area contributed by atoms with Crippen molar-refractivity contribution in [3.63, 3.8) is 0 Å². The molecule has 2 heterocycles. The van der Waals surface area contributed by atoms with Gasteiger partial charge in [0.1, 0.15) is 5.15 Å². The van der Waals surface area contributed by atoms with Gasteiger partial charge in [0.25, 0.3) is 0 Å². The van der Waals surface area contributed by atoms with Crippen LogP contribution in [0.1, 0.15) is 12.6 Å². The summed E-state index contributed by atoms with van der Waals surface area (Å²) in [4.78, 5) is 8.42. The molecule has 2 aromatic heterocycles. The minimum atomic E-state index is 0.521. The SMILES string of the molecule is CCc1ccc2c(Cl)nccc2n1. The molecular weight excluding hydrogens is 184 g/mol. The van der Waals surface area contributed by atoms with Crippen molar-refractivity contribution >= 4 is 22.5 Å². The zero-order valence-electron chi connectivity index (χ0n) is 7.29. The number of halogens is 1. The van der Waals surface area contributed by atoms with E-state index in [0.717, 1.165) is 23.0 Å². The van der Waals surface area contributed by atoms with E-state index >= 15 is 0 Å². The van der Waals surface area contributed by atoms with Gasteiger partial charge in [-0.05, 0) is 24.6 Å². The Morgan fingerprint density at radius 3 is 2.92 bits per heavy atom. The fourth-order valence-corrected chi connectivity index (χ4v) is 1.47. The fourth-order valence-electron chi connectivity index (χ4n) is 1.26. The van der Waals surface area contributed by atoms with E-state index in [1.807, 2.05) is 18.2 Å². The third kappa shape index (κ3) is 1.49. The van der Waals surface area contributed by atoms with E-state index in [4.69, 9.17) is 11.6 Å². The summed E-state index contributed by atoms with van der Waals surface area (Å²) in [6.45, 7) is 2.08. The van der Waals surface area contributed by atoms with Crippen molar-refractivity contribution < 1.29 is 0 Å². The van der Waals surface area contributed by atoms with Gasteiger partial charge < -0.3 is 0 Å². The molecule has 0 saturated carbocycles. The summed E-state index contributed by atoms with van der Waals surface area (Å²) in [5.41, 5.74) is 1.99. The van der Waals surface area contributed by atoms with E-state index in [1.165, 1.54) is 0 Å². The summed E-state index contributed by atoms with van der Waals surface area (Å²) >= 11 is 5.90. The number of hydrogen-bond acceptors (Lipinski definition) is 2. The van der Waals surface area contributed by atoms with E-state index in [2.05, 4.69) is 16.9 Å². The van der Waals surface area contributed by atoms with Crippen LogP contribution in [0.3, 0.4) is 0 Å². The Morgan fingerprint density at radius 2 is 2.15 bits per heavy atom. The Bertz CT molecular complexity index is 440. The Hall–Kier alpha value is -1.15. The second kappa shape index (κ2) is 3.30. The molecule has 0 bridgehead atoms. The number of fused-ring (bicyclic) bond motifs is 1. The first kappa shape index (κ1) is 8.45. The zero-order valence-corrected chi connectivity index (χ0v) is 8.04. The van der Waals surface area contributed by atoms with Crippen LogP contribution in [-0.4, -0.2) is 9.97 Å². The molecule has 66 valence electrons. The molecule has 0 aromatic carbocycles. The quantitative estimate of drug-likeness (QED) is 0.650. The lowest BCUT2D eigenvalue weighted by atomic mass is 10.2. The van der Waals surface area contributed by atoms with Gasteiger partial charge in [-0.3, -0.25) is 4.98 Å². The molecule has 0 radical (unpaired) electrons. The fraction of sp³-hybridized carbons (Fsp3) is 0.200. The van der Waals surface area contributed by atoms with E-state index in [1.54, 1.807) is 6.20 Å². The molecular formula is C10H9ClN2. The normalized spacial score (nSPS) is 10.6. The van der Waals surface area contributed by atoms with Gasteiger partial charge in [0, 0.05) is 17.3 Å². The number of nitrogens with zero attached hydrogens (tertiary/aromatic N) is 2. The molecule has 3 heteroatoms. The van der Waals surface area contributed by atoms with Gasteiger partial charge >= 0.3 is 0 Å². The molecule has 2 nitrogen and oxygen atoms in total. The van der Waals surface area contributed by atoms with E-state index in [-0.39, 0.29) is 0 Å². The Kier molecular flexibility index (Phi) is 2.15. The van der Waals surface area contributed by atoms with Crippen molar-refractivity contribution in [2.45, 2.75) is 13.3 Å². The number of rotatable bonds is 1. The standard InChI is InChI=1S/C10H9ClN2/c1-2-7-3-4-8-9(13-7)5-6-12-10(8)11/h3-6H,2H2,1H3. The van der Waals surface area contributed by atoms with Crippen molar-refractivity contribution in [3.8, 4) is 0 Å². The molecule has 0 amide bonds. The smallest absolute Gasteiger partial charge is 0.138 e. The highest BCUT2D eigenvalue weighted by molar-refractivity contribution is 6.34. The highest BCUT2D eigenvalue weighted by Gasteiger charge is 2.00. The highest BCUT2D eigenvalue weighted by atomic mass is 35.5. The first-order valence-electron chi connectivity index (χ1n) is 4.21. The molecule has 2 aromatic rings. The highest BCUT2D eigenvalue weighted by Crippen LogP contribution is 2.19. The van der Waals surface area contributed by atoms with Crippen molar-refractivity contribution in [1.29, 1.82) is 0 Å². The van der Waals surface area contributed by atoms with E-state index in [9.17, 15) is 0 Å². The summed E-state index contributed by atoms with van der Waals surface area (Å²) < 4.78 is 0. The Balaban J connectivity index is 2.72. The van der Waals surface area contributed by atoms with Crippen LogP contribution >= 0.6 is 11.6 Å². The van der Waals surface area contributed by atoms with E-state index in [0.29, 0.717) is 5.15 Å². The maximum absolute atomic E-state index is 5.90. The summed E-state index contributed by atoms with van der Waals surface area (Å²) in [6.07, 6.45) is 2.62. The van der Waals surface area contributed by atoms with Crippen molar-refractivity contribution in [2.24, 2.45) is 0 Å². The molecule has 2 rings (SSSR count). The maximum atomic E-state index is 5.90. The first-order chi connectivity index (χ1) is 6.31. The molecule has 13 heavy (non-hydrogen) atoms. The Morgan fingerprint density at radius 1 is 1.31 bits per heavy atom. The molecule has 0 spiro atoms. The third-order valence-electron chi connectivity index (χ3n) is 1.99. The predicted molar refractivity (Wildman–Crippen MR) is 53.9 cm³/mol. The minimum absolute atomic E-state index is 0.521. The molecule has 0 aliphatic rings. The monoisotopic (exact) mass is 192 g/mol. The largest absolute Gasteiger partial charge is 0.253 e. The van der Waals surface area contributed by atoms with Crippen LogP contribution < -0.4 is 0 Å². The van der Waals surface area contributed by atoms with Crippen LogP contribution in [0.25, 0.3) is 10.9 Å². The van der Waals surface area contributed by atoms with Gasteiger partial charge in [-0.25, -0.2) is 4.98 Å². The molecule has 0 saturated heterocycles. The van der Waals surface area contributed by atoms with Crippen molar-refractivity contribution in [3.05, 3.63) is 35.2 Å². The van der Waals surface area contributed by atoms with Gasteiger partial charge in [0.2, 0.25) is 0 Å². The summed E-state index contributed by atoms with van der Waals surface area (Å²) in [5, 5.41) is 1.44. The van der Waals surface area contributed by atoms with Crippen LogP contribution in [0.5, 0.6) is 0 Å². The van der Waals surface area contributed by atoms with Gasteiger partial charge in [0.15, 0.2) is 0 Å². The predicted octanol–water partition coefficient (Wildman–Crippen LogP) is 2.85. The van der Waals surface area contributed by atoms with Gasteiger partial charge in [-0.1, -0.05) is 18.5 Å². The number of aromatic nitrogens is 2. The van der Waals surface area contributed by atoms with Crippen molar-refractivity contribution in [1.82, 2.24) is 9.97 Å². The Labute approximate surface area is 81.6 Å². The number of aryl methyl sites for hydroxylation is 1. The molecule has 0 atom stereocenters. The summed E-state index contributed by atoms with van der Waals surface area (Å²) in [7, 11) is 0. The van der Waals surface area contributed by atoms with Gasteiger partial charge in [-0.2, -0.15) is 0 Å². The van der Waals surface area contributed by atoms with Crippen molar-refractivity contribution in [2.75, 3.05) is 0 Å². The molecule has 0 N–H and O–H groups in total. The minimum Gasteiger partial charge on any atom is -0.253 e. The lowest BCUT2D eigenvalue weighted by Gasteiger charge is -2.00. The van der Waals surface area contributed by atoms with Crippen LogP contribution in [0.4, 0.5) is 0 Å². The molecule has 0 fully saturated rings. The number of pyridine rings is 2. The average molecular weight is 193 g/mol. The second-order valence-electron chi connectivity index (χ2n) is 2.82. The topological polar surface area (TPSA) is 25.8 Å². The second-order valence-corrected chi connectivity index (χ2v) is 3.18. The molecule has 0 unspecified atom stereocenters. The summed E-state index contributed by atoms with van der Waals surface area (Å²) in [6, 6.07) is 5.83. The first-order valence-corrected chi connectivity index (χ1v) is 4.59. The average Bonchev–Trinajstić information content (AvgIpc) is 2.18. The lowest BCUT2D eigenvalue weighted by molar-refractivity contribution is 1.06. The lowest BCUT2D eigenvalue weighted by Crippen LogP contribution is -1.88. The van der Waals surface area contributed by atoms with Gasteiger partial charge in [-0.15, -0.1) is 0 Å². The van der Waals surface area contributed by atoms with Crippen LogP contribution in [0.15, 0.2) is 24.4 Å². The zero-order chi connectivity index (χ0) is 9.26. The number of hydrogen-bond donors (Lipinski definition) is 0. The van der Waals surface area contributed by atoms with Crippen LogP contribution in [-0.2, 0) is 6.42 Å². The van der Waals surface area contributed by atoms with Crippen LogP contribution in [0.2, 0.25) is 5.15 Å². The van der Waals surface area contributed by atoms with Gasteiger partial charge in [0.05, 0.1) is 5.52 Å². The molecule has 0 aliphatic carbocycles. The third-order valence-corrected chi connectivity index (χ3v) is 2.29. The maximum Gasteiger partial charge on any atom is 0.138 e. The van der Waals surface area contributed by atoms with Crippen LogP contribution in [0, 0.1) is 0 Å².